The number of carbonyl (C=O) groups is 1. The number of amides is 1. The zero-order valence-electron chi connectivity index (χ0n) is 14.2. The zero-order valence-corrected chi connectivity index (χ0v) is 15.0. The molecule has 132 valence electrons. The maximum atomic E-state index is 12.2. The van der Waals surface area contributed by atoms with Crippen LogP contribution in [0.15, 0.2) is 35.2 Å². The molecular formula is C19H23N3O2S. The molecule has 2 aliphatic rings. The molecule has 1 heterocycles. The van der Waals surface area contributed by atoms with Crippen LogP contribution in [0.4, 0.5) is 5.82 Å². The Morgan fingerprint density at radius 2 is 1.88 bits per heavy atom. The summed E-state index contributed by atoms with van der Waals surface area (Å²) < 4.78 is 12.1. The molecule has 0 aliphatic heterocycles. The van der Waals surface area contributed by atoms with E-state index in [-0.39, 0.29) is 5.91 Å². The van der Waals surface area contributed by atoms with Gasteiger partial charge >= 0.3 is 0 Å². The van der Waals surface area contributed by atoms with E-state index in [1.54, 1.807) is 0 Å². The van der Waals surface area contributed by atoms with Gasteiger partial charge in [-0.3, -0.25) is 14.1 Å². The summed E-state index contributed by atoms with van der Waals surface area (Å²) in [5.41, 5.74) is 2.04. The smallest absolute Gasteiger partial charge is 0.229 e. The molecule has 0 saturated heterocycles. The monoisotopic (exact) mass is 357 g/mol. The fourth-order valence-corrected chi connectivity index (χ4v) is 4.79. The van der Waals surface area contributed by atoms with E-state index in [1.807, 2.05) is 30.3 Å². The number of H-pyrrole nitrogens is 1. The summed E-state index contributed by atoms with van der Waals surface area (Å²) in [4.78, 5) is 13.1. The lowest BCUT2D eigenvalue weighted by Gasteiger charge is -2.05. The second kappa shape index (κ2) is 7.12. The van der Waals surface area contributed by atoms with Crippen molar-refractivity contribution in [2.45, 2.75) is 61.0 Å². The van der Waals surface area contributed by atoms with Crippen molar-refractivity contribution in [1.29, 1.82) is 0 Å². The predicted octanol–water partition coefficient (Wildman–Crippen LogP) is 3.52. The number of anilines is 1. The Labute approximate surface area is 150 Å². The number of carbonyl (C=O) groups excluding carboxylic acids is 1. The third kappa shape index (κ3) is 4.00. The van der Waals surface area contributed by atoms with Gasteiger partial charge in [0.1, 0.15) is 0 Å². The molecule has 1 atom stereocenters. The summed E-state index contributed by atoms with van der Waals surface area (Å²) in [6.45, 7) is 0. The Kier molecular flexibility index (Phi) is 4.70. The lowest BCUT2D eigenvalue weighted by Crippen LogP contribution is -2.14. The van der Waals surface area contributed by atoms with E-state index in [2.05, 4.69) is 15.5 Å². The Bertz CT molecular complexity index is 774. The first-order chi connectivity index (χ1) is 12.2. The molecule has 2 aliphatic carbocycles. The Morgan fingerprint density at radius 1 is 1.16 bits per heavy atom. The number of nitrogens with zero attached hydrogens (tertiary/aromatic N) is 1. The minimum atomic E-state index is -0.890. The fraction of sp³-hybridized carbons (Fsp3) is 0.474. The van der Waals surface area contributed by atoms with Gasteiger partial charge in [0.2, 0.25) is 5.91 Å². The second-order valence-electron chi connectivity index (χ2n) is 7.06. The standard InChI is InChI=1S/C19H23N3O2S/c23-19(20-18-12-17(21-22-18)14-3-1-2-4-14)11-13-5-7-15(8-6-13)25(24)16-9-10-16/h5-8,12,14,16H,1-4,9-11H2,(H2,20,21,22,23). The van der Waals surface area contributed by atoms with Gasteiger partial charge in [-0.1, -0.05) is 25.0 Å². The summed E-state index contributed by atoms with van der Waals surface area (Å²) in [5, 5.41) is 10.5. The van der Waals surface area contributed by atoms with Gasteiger partial charge in [0.15, 0.2) is 5.82 Å². The minimum absolute atomic E-state index is 0.0828. The van der Waals surface area contributed by atoms with Crippen molar-refractivity contribution < 1.29 is 9.00 Å². The van der Waals surface area contributed by atoms with Crippen LogP contribution in [-0.2, 0) is 22.0 Å². The number of rotatable bonds is 6. The maximum Gasteiger partial charge on any atom is 0.229 e. The molecule has 2 aromatic rings. The Balaban J connectivity index is 1.33. The summed E-state index contributed by atoms with van der Waals surface area (Å²) in [7, 11) is -0.890. The quantitative estimate of drug-likeness (QED) is 0.831. The van der Waals surface area contributed by atoms with Gasteiger partial charge in [0.05, 0.1) is 17.2 Å². The van der Waals surface area contributed by atoms with E-state index in [9.17, 15) is 9.00 Å². The van der Waals surface area contributed by atoms with Crippen LogP contribution in [0.1, 0.15) is 55.7 Å². The van der Waals surface area contributed by atoms with Crippen LogP contribution in [0, 0.1) is 0 Å². The molecule has 1 aromatic heterocycles. The fourth-order valence-electron chi connectivity index (χ4n) is 3.44. The lowest BCUT2D eigenvalue weighted by molar-refractivity contribution is -0.115. The van der Waals surface area contributed by atoms with Gasteiger partial charge in [0, 0.05) is 27.8 Å². The van der Waals surface area contributed by atoms with Gasteiger partial charge in [-0.25, -0.2) is 0 Å². The number of aromatic nitrogens is 2. The zero-order chi connectivity index (χ0) is 17.2. The molecule has 2 saturated carbocycles. The second-order valence-corrected chi connectivity index (χ2v) is 8.79. The first kappa shape index (κ1) is 16.5. The molecular weight excluding hydrogens is 334 g/mol. The van der Waals surface area contributed by atoms with Crippen LogP contribution in [-0.4, -0.2) is 25.6 Å². The van der Waals surface area contributed by atoms with Crippen LogP contribution in [0.5, 0.6) is 0 Å². The lowest BCUT2D eigenvalue weighted by atomic mass is 10.0. The molecule has 5 nitrogen and oxygen atoms in total. The third-order valence-corrected chi connectivity index (χ3v) is 6.82. The van der Waals surface area contributed by atoms with Crippen molar-refractivity contribution >= 4 is 22.5 Å². The predicted molar refractivity (Wildman–Crippen MR) is 98.0 cm³/mol. The van der Waals surface area contributed by atoms with Gasteiger partial charge < -0.3 is 5.32 Å². The van der Waals surface area contributed by atoms with Gasteiger partial charge in [-0.15, -0.1) is 0 Å². The largest absolute Gasteiger partial charge is 0.309 e. The highest BCUT2D eigenvalue weighted by Crippen LogP contribution is 2.33. The van der Waals surface area contributed by atoms with E-state index in [1.165, 1.54) is 25.7 Å². The summed E-state index contributed by atoms with van der Waals surface area (Å²) in [6, 6.07) is 9.50. The minimum Gasteiger partial charge on any atom is -0.309 e. The van der Waals surface area contributed by atoms with E-state index in [0.717, 1.165) is 29.0 Å². The molecule has 0 spiro atoms. The number of hydrogen-bond acceptors (Lipinski definition) is 3. The Hall–Kier alpha value is -1.95. The number of benzene rings is 1. The van der Waals surface area contributed by atoms with Crippen molar-refractivity contribution in [3.63, 3.8) is 0 Å². The van der Waals surface area contributed by atoms with Gasteiger partial charge in [-0.2, -0.15) is 5.10 Å². The van der Waals surface area contributed by atoms with Crippen LogP contribution < -0.4 is 5.32 Å². The van der Waals surface area contributed by atoms with Crippen molar-refractivity contribution in [3.8, 4) is 0 Å². The maximum absolute atomic E-state index is 12.2. The summed E-state index contributed by atoms with van der Waals surface area (Å²) in [5.74, 6) is 1.07. The van der Waals surface area contributed by atoms with Gasteiger partial charge in [0.25, 0.3) is 0 Å². The molecule has 0 bridgehead atoms. The first-order valence-electron chi connectivity index (χ1n) is 9.04. The van der Waals surface area contributed by atoms with Crippen LogP contribution >= 0.6 is 0 Å². The third-order valence-electron chi connectivity index (χ3n) is 5.01. The molecule has 6 heteroatoms. The normalized spacial score (nSPS) is 19.0. The highest BCUT2D eigenvalue weighted by molar-refractivity contribution is 7.86. The number of nitrogens with one attached hydrogen (secondary N) is 2. The Morgan fingerprint density at radius 3 is 2.56 bits per heavy atom. The van der Waals surface area contributed by atoms with Crippen LogP contribution in [0.3, 0.4) is 0 Å². The van der Waals surface area contributed by atoms with Gasteiger partial charge in [-0.05, 0) is 43.4 Å². The van der Waals surface area contributed by atoms with Crippen molar-refractivity contribution in [2.24, 2.45) is 0 Å². The van der Waals surface area contributed by atoms with Crippen molar-refractivity contribution in [2.75, 3.05) is 5.32 Å². The van der Waals surface area contributed by atoms with E-state index < -0.39 is 10.8 Å². The number of hydrogen-bond donors (Lipinski definition) is 2. The average Bonchev–Trinajstić information content (AvgIpc) is 3.12. The highest BCUT2D eigenvalue weighted by Gasteiger charge is 2.29. The molecule has 0 radical (unpaired) electrons. The molecule has 4 rings (SSSR count). The van der Waals surface area contributed by atoms with Crippen molar-refractivity contribution in [1.82, 2.24) is 10.2 Å². The number of aromatic amines is 1. The highest BCUT2D eigenvalue weighted by atomic mass is 32.2. The van der Waals surface area contributed by atoms with E-state index in [0.29, 0.717) is 23.4 Å². The molecule has 1 unspecified atom stereocenters. The molecule has 2 fully saturated rings. The van der Waals surface area contributed by atoms with Crippen LogP contribution in [0.2, 0.25) is 0 Å². The molecule has 25 heavy (non-hydrogen) atoms. The van der Waals surface area contributed by atoms with Crippen LogP contribution in [0.25, 0.3) is 0 Å². The molecule has 1 aromatic carbocycles. The van der Waals surface area contributed by atoms with Crippen molar-refractivity contribution in [3.05, 3.63) is 41.6 Å². The molecule has 1 amide bonds. The molecule has 2 N–H and O–H groups in total. The average molecular weight is 357 g/mol. The SMILES string of the molecule is O=C(Cc1ccc(S(=O)C2CC2)cc1)Nc1cc(C2CCCC2)[nH]n1. The first-order valence-corrected chi connectivity index (χ1v) is 10.2. The van der Waals surface area contributed by atoms with E-state index in [4.69, 9.17) is 0 Å². The summed E-state index contributed by atoms with van der Waals surface area (Å²) >= 11 is 0. The summed E-state index contributed by atoms with van der Waals surface area (Å²) in [6.07, 6.45) is 7.35. The topological polar surface area (TPSA) is 74.8 Å². The van der Waals surface area contributed by atoms with E-state index >= 15 is 0 Å².